The average molecular weight is 232 g/mol. The minimum Gasteiger partial charge on any atom is -0.394 e. The largest absolute Gasteiger partial charge is 0.394 e. The van der Waals surface area contributed by atoms with Crippen molar-refractivity contribution in [1.29, 1.82) is 0 Å². The summed E-state index contributed by atoms with van der Waals surface area (Å²) < 4.78 is 5.04. The number of ether oxygens (including phenoxy) is 1. The Morgan fingerprint density at radius 2 is 2.19 bits per heavy atom. The van der Waals surface area contributed by atoms with E-state index >= 15 is 0 Å². The maximum Gasteiger partial charge on any atom is 0.234 e. The lowest BCUT2D eigenvalue weighted by atomic mass is 10.2. The average Bonchev–Trinajstić information content (AvgIpc) is 2.23. The Hall–Kier alpha value is -0.650. The Bertz CT molecular complexity index is 177. The number of aliphatic hydroxyl groups is 1. The van der Waals surface area contributed by atoms with Gasteiger partial charge < -0.3 is 20.5 Å². The molecule has 0 saturated carbocycles. The molecule has 0 spiro atoms. The van der Waals surface area contributed by atoms with E-state index in [1.54, 1.807) is 0 Å². The van der Waals surface area contributed by atoms with Crippen LogP contribution in [0.2, 0.25) is 0 Å². The third-order valence-corrected chi connectivity index (χ3v) is 2.07. The van der Waals surface area contributed by atoms with Crippen LogP contribution < -0.4 is 10.6 Å². The van der Waals surface area contributed by atoms with E-state index < -0.39 is 0 Å². The summed E-state index contributed by atoms with van der Waals surface area (Å²) in [5, 5.41) is 14.3. The summed E-state index contributed by atoms with van der Waals surface area (Å²) in [6.07, 6.45) is 2.08. The smallest absolute Gasteiger partial charge is 0.234 e. The van der Waals surface area contributed by atoms with E-state index in [9.17, 15) is 4.79 Å². The fourth-order valence-corrected chi connectivity index (χ4v) is 1.34. The van der Waals surface area contributed by atoms with E-state index in [4.69, 9.17) is 9.84 Å². The maximum absolute atomic E-state index is 11.4. The highest BCUT2D eigenvalue weighted by atomic mass is 16.5. The topological polar surface area (TPSA) is 70.6 Å². The summed E-state index contributed by atoms with van der Waals surface area (Å²) in [4.78, 5) is 11.4. The molecule has 0 aromatic carbocycles. The fraction of sp³-hybridized carbons (Fsp3) is 0.909. The first-order valence-electron chi connectivity index (χ1n) is 5.89. The minimum atomic E-state index is 0.0168. The van der Waals surface area contributed by atoms with Crippen LogP contribution in [0.5, 0.6) is 0 Å². The van der Waals surface area contributed by atoms with Gasteiger partial charge in [0.15, 0.2) is 0 Å². The van der Waals surface area contributed by atoms with Crippen molar-refractivity contribution in [2.24, 2.45) is 0 Å². The van der Waals surface area contributed by atoms with E-state index in [0.29, 0.717) is 26.3 Å². The first kappa shape index (κ1) is 15.3. The second kappa shape index (κ2) is 10.9. The molecule has 0 aliphatic heterocycles. The van der Waals surface area contributed by atoms with Crippen molar-refractivity contribution in [2.45, 2.75) is 32.7 Å². The molecule has 0 fully saturated rings. The molecule has 96 valence electrons. The van der Waals surface area contributed by atoms with Crippen molar-refractivity contribution >= 4 is 5.91 Å². The summed E-state index contributed by atoms with van der Waals surface area (Å²) in [6, 6.07) is 0.241. The second-order valence-corrected chi connectivity index (χ2v) is 3.77. The van der Waals surface area contributed by atoms with Crippen molar-refractivity contribution in [1.82, 2.24) is 10.6 Å². The van der Waals surface area contributed by atoms with E-state index in [1.807, 2.05) is 6.92 Å². The standard InChI is InChI=1S/C11H24N2O3/c1-3-4-10(2)13-11(15)9-12-5-7-16-8-6-14/h10,12,14H,3-9H2,1-2H3,(H,13,15). The Morgan fingerprint density at radius 3 is 2.81 bits per heavy atom. The molecule has 0 heterocycles. The number of hydrogen-bond donors (Lipinski definition) is 3. The van der Waals surface area contributed by atoms with Crippen LogP contribution >= 0.6 is 0 Å². The van der Waals surface area contributed by atoms with Gasteiger partial charge in [-0.2, -0.15) is 0 Å². The molecular formula is C11H24N2O3. The fourth-order valence-electron chi connectivity index (χ4n) is 1.34. The molecule has 5 nitrogen and oxygen atoms in total. The highest BCUT2D eigenvalue weighted by Gasteiger charge is 2.05. The molecule has 0 aliphatic carbocycles. The quantitative estimate of drug-likeness (QED) is 0.460. The first-order chi connectivity index (χ1) is 7.70. The number of rotatable bonds is 10. The zero-order valence-electron chi connectivity index (χ0n) is 10.3. The lowest BCUT2D eigenvalue weighted by molar-refractivity contribution is -0.120. The molecule has 0 aliphatic rings. The summed E-state index contributed by atoms with van der Waals surface area (Å²) in [5.74, 6) is 0.0168. The monoisotopic (exact) mass is 232 g/mol. The van der Waals surface area contributed by atoms with Crippen molar-refractivity contribution in [3.05, 3.63) is 0 Å². The van der Waals surface area contributed by atoms with Crippen LogP contribution in [0, 0.1) is 0 Å². The maximum atomic E-state index is 11.4. The lowest BCUT2D eigenvalue weighted by Crippen LogP contribution is -2.39. The zero-order chi connectivity index (χ0) is 12.2. The molecule has 5 heteroatoms. The minimum absolute atomic E-state index is 0.0168. The molecule has 0 radical (unpaired) electrons. The summed E-state index contributed by atoms with van der Waals surface area (Å²) in [5.41, 5.74) is 0. The van der Waals surface area contributed by atoms with Gasteiger partial charge in [-0.05, 0) is 13.3 Å². The van der Waals surface area contributed by atoms with Gasteiger partial charge in [0.25, 0.3) is 0 Å². The van der Waals surface area contributed by atoms with Crippen LogP contribution in [0.15, 0.2) is 0 Å². The molecule has 0 aromatic heterocycles. The van der Waals surface area contributed by atoms with Crippen LogP contribution in [-0.4, -0.2) is 50.0 Å². The second-order valence-electron chi connectivity index (χ2n) is 3.77. The van der Waals surface area contributed by atoms with E-state index in [0.717, 1.165) is 12.8 Å². The van der Waals surface area contributed by atoms with Crippen LogP contribution in [0.3, 0.4) is 0 Å². The van der Waals surface area contributed by atoms with Crippen molar-refractivity contribution < 1.29 is 14.6 Å². The van der Waals surface area contributed by atoms with Gasteiger partial charge in [-0.3, -0.25) is 4.79 Å². The molecule has 0 bridgehead atoms. The molecule has 1 amide bonds. The van der Waals surface area contributed by atoms with E-state index in [-0.39, 0.29) is 18.6 Å². The Morgan fingerprint density at radius 1 is 1.44 bits per heavy atom. The SMILES string of the molecule is CCCC(C)NC(=O)CNCCOCCO. The van der Waals surface area contributed by atoms with E-state index in [1.165, 1.54) is 0 Å². The van der Waals surface area contributed by atoms with Gasteiger partial charge in [-0.15, -0.1) is 0 Å². The number of aliphatic hydroxyl groups excluding tert-OH is 1. The normalized spacial score (nSPS) is 12.4. The first-order valence-corrected chi connectivity index (χ1v) is 5.89. The zero-order valence-corrected chi connectivity index (χ0v) is 10.3. The van der Waals surface area contributed by atoms with E-state index in [2.05, 4.69) is 17.6 Å². The van der Waals surface area contributed by atoms with Crippen LogP contribution in [-0.2, 0) is 9.53 Å². The Balaban J connectivity index is 3.30. The molecule has 0 aromatic rings. The number of amides is 1. The number of carbonyl (C=O) groups excluding carboxylic acids is 1. The molecule has 1 atom stereocenters. The molecular weight excluding hydrogens is 208 g/mol. The third-order valence-electron chi connectivity index (χ3n) is 2.07. The van der Waals surface area contributed by atoms with Crippen molar-refractivity contribution in [3.8, 4) is 0 Å². The Labute approximate surface area is 97.6 Å². The summed E-state index contributed by atoms with van der Waals surface area (Å²) >= 11 is 0. The number of hydrogen-bond acceptors (Lipinski definition) is 4. The van der Waals surface area contributed by atoms with Crippen molar-refractivity contribution in [2.75, 3.05) is 32.9 Å². The third kappa shape index (κ3) is 9.89. The van der Waals surface area contributed by atoms with Crippen molar-refractivity contribution in [3.63, 3.8) is 0 Å². The summed E-state index contributed by atoms with van der Waals surface area (Å²) in [6.45, 7) is 5.94. The molecule has 0 saturated heterocycles. The van der Waals surface area contributed by atoms with Gasteiger partial charge in [0.2, 0.25) is 5.91 Å². The lowest BCUT2D eigenvalue weighted by Gasteiger charge is -2.13. The van der Waals surface area contributed by atoms with Gasteiger partial charge in [0, 0.05) is 12.6 Å². The molecule has 0 rings (SSSR count). The predicted molar refractivity (Wildman–Crippen MR) is 63.3 cm³/mol. The molecule has 3 N–H and O–H groups in total. The summed E-state index contributed by atoms with van der Waals surface area (Å²) in [7, 11) is 0. The highest BCUT2D eigenvalue weighted by Crippen LogP contribution is 1.93. The molecule has 16 heavy (non-hydrogen) atoms. The van der Waals surface area contributed by atoms with Gasteiger partial charge in [0.1, 0.15) is 0 Å². The predicted octanol–water partition coefficient (Wildman–Crippen LogP) is -0.110. The van der Waals surface area contributed by atoms with Crippen LogP contribution in [0.4, 0.5) is 0 Å². The Kier molecular flexibility index (Phi) is 10.4. The van der Waals surface area contributed by atoms with Crippen LogP contribution in [0.1, 0.15) is 26.7 Å². The van der Waals surface area contributed by atoms with Gasteiger partial charge in [-0.25, -0.2) is 0 Å². The van der Waals surface area contributed by atoms with Crippen LogP contribution in [0.25, 0.3) is 0 Å². The number of carbonyl (C=O) groups is 1. The molecule has 1 unspecified atom stereocenters. The van der Waals surface area contributed by atoms with Gasteiger partial charge >= 0.3 is 0 Å². The highest BCUT2D eigenvalue weighted by molar-refractivity contribution is 5.78. The van der Waals surface area contributed by atoms with Gasteiger partial charge in [0.05, 0.1) is 26.4 Å². The van der Waals surface area contributed by atoms with Gasteiger partial charge in [-0.1, -0.05) is 13.3 Å². The number of nitrogens with one attached hydrogen (secondary N) is 2.